The molecule has 5 heteroatoms. The maximum absolute atomic E-state index is 6.52. The van der Waals surface area contributed by atoms with Crippen LogP contribution < -0.4 is 21.1 Å². The van der Waals surface area contributed by atoms with E-state index in [1.165, 1.54) is 81.8 Å². The van der Waals surface area contributed by atoms with Crippen LogP contribution in [0.15, 0.2) is 206 Å². The van der Waals surface area contributed by atoms with Gasteiger partial charge in [0.2, 0.25) is 0 Å². The lowest BCUT2D eigenvalue weighted by molar-refractivity contribution is 0.487. The molecule has 0 unspecified atom stereocenters. The summed E-state index contributed by atoms with van der Waals surface area (Å²) in [4.78, 5) is 0. The van der Waals surface area contributed by atoms with Crippen LogP contribution in [0.1, 0.15) is 0 Å². The Bertz CT molecular complexity index is 3550. The van der Waals surface area contributed by atoms with Crippen LogP contribution >= 0.6 is 0 Å². The minimum Gasteiger partial charge on any atom is -0.458 e. The van der Waals surface area contributed by atoms with Gasteiger partial charge in [0.25, 0.3) is 6.71 Å². The minimum atomic E-state index is -0.00475. The predicted molar refractivity (Wildman–Crippen MR) is 247 cm³/mol. The van der Waals surface area contributed by atoms with Crippen molar-refractivity contribution in [2.24, 2.45) is 0 Å². The highest BCUT2D eigenvalue weighted by Crippen LogP contribution is 2.50. The van der Waals surface area contributed by atoms with Crippen LogP contribution in [0, 0.1) is 0 Å². The van der Waals surface area contributed by atoms with E-state index in [0.29, 0.717) is 0 Å². The summed E-state index contributed by atoms with van der Waals surface area (Å²) < 4.78 is 14.1. The first-order valence-electron chi connectivity index (χ1n) is 20.3. The van der Waals surface area contributed by atoms with Gasteiger partial charge in [0.15, 0.2) is 0 Å². The number of hydrogen-bond donors (Lipinski definition) is 0. The Morgan fingerprint density at radius 2 is 0.695 bits per heavy atom. The van der Waals surface area contributed by atoms with E-state index in [1.54, 1.807) is 0 Å². The molecule has 0 atom stereocenters. The van der Waals surface area contributed by atoms with Crippen molar-refractivity contribution in [1.29, 1.82) is 0 Å². The average molecular weight is 752 g/mol. The molecule has 4 nitrogen and oxygen atoms in total. The molecule has 1 aliphatic heterocycles. The zero-order chi connectivity index (χ0) is 38.6. The standard InChI is InChI=1S/C54H34BN3O/c1-4-18-36(19-5-1)56-44-28-14-10-24-39(44)50-52(56)49-40-25-11-15-29-45(40)57(37-20-6-2-7-21-37)53(49)51-41-34-35(32-33-46(41)58(54(50)51)38-22-8-3-9-23-38)55-42-26-12-16-30-47(42)59-48-31-17-13-27-43(48)55/h1-34H. The zero-order valence-corrected chi connectivity index (χ0v) is 32.0. The van der Waals surface area contributed by atoms with Gasteiger partial charge in [-0.05, 0) is 77.7 Å². The van der Waals surface area contributed by atoms with Crippen LogP contribution in [-0.2, 0) is 0 Å². The van der Waals surface area contributed by atoms with E-state index in [4.69, 9.17) is 4.74 Å². The van der Waals surface area contributed by atoms with Gasteiger partial charge < -0.3 is 18.4 Å². The first-order valence-corrected chi connectivity index (χ1v) is 20.3. The number of hydrogen-bond acceptors (Lipinski definition) is 1. The lowest BCUT2D eigenvalue weighted by atomic mass is 9.36. The Morgan fingerprint density at radius 1 is 0.322 bits per heavy atom. The summed E-state index contributed by atoms with van der Waals surface area (Å²) in [6.07, 6.45) is 0. The molecule has 12 aromatic rings. The average Bonchev–Trinajstić information content (AvgIpc) is 3.95. The van der Waals surface area contributed by atoms with Gasteiger partial charge in [-0.25, -0.2) is 0 Å². The quantitative estimate of drug-likeness (QED) is 0.164. The van der Waals surface area contributed by atoms with E-state index < -0.39 is 0 Å². The summed E-state index contributed by atoms with van der Waals surface area (Å²) in [5.74, 6) is 1.81. The fourth-order valence-corrected chi connectivity index (χ4v) is 10.2. The topological polar surface area (TPSA) is 24.0 Å². The normalized spacial score (nSPS) is 12.5. The van der Waals surface area contributed by atoms with E-state index in [-0.39, 0.29) is 6.71 Å². The van der Waals surface area contributed by atoms with Gasteiger partial charge in [0, 0.05) is 49.4 Å². The van der Waals surface area contributed by atoms with Crippen molar-refractivity contribution in [2.45, 2.75) is 0 Å². The number of benzene rings is 9. The molecule has 1 aliphatic rings. The van der Waals surface area contributed by atoms with Crippen molar-refractivity contribution in [2.75, 3.05) is 0 Å². The molecule has 59 heavy (non-hydrogen) atoms. The highest BCUT2D eigenvalue weighted by atomic mass is 16.5. The third kappa shape index (κ3) is 4.50. The molecule has 0 fully saturated rings. The van der Waals surface area contributed by atoms with Crippen molar-refractivity contribution in [3.8, 4) is 28.6 Å². The van der Waals surface area contributed by atoms with Gasteiger partial charge in [-0.1, -0.05) is 145 Å². The van der Waals surface area contributed by atoms with Crippen molar-refractivity contribution in [3.63, 3.8) is 0 Å². The summed E-state index contributed by atoms with van der Waals surface area (Å²) in [5, 5.41) is 7.38. The summed E-state index contributed by atoms with van der Waals surface area (Å²) in [7, 11) is 0. The Hall–Kier alpha value is -7.76. The number of rotatable bonds is 4. The first kappa shape index (κ1) is 32.3. The SMILES string of the molecule is c1ccc(-n2c3ccccc3c3c2c2c4ccccc4n(-c4ccccc4)c2c2c4cc(B5c6ccccc6Oc6ccccc65)ccc4n(-c4ccccc4)c32)cc1. The van der Waals surface area contributed by atoms with Gasteiger partial charge in [-0.2, -0.15) is 0 Å². The second-order valence-corrected chi connectivity index (χ2v) is 15.6. The molecule has 0 aliphatic carbocycles. The smallest absolute Gasteiger partial charge is 0.250 e. The molecule has 0 radical (unpaired) electrons. The number of aromatic nitrogens is 3. The third-order valence-electron chi connectivity index (χ3n) is 12.5. The molecule has 0 saturated heterocycles. The number of ether oxygens (including phenoxy) is 1. The molecular formula is C54H34BN3O. The second kappa shape index (κ2) is 12.4. The Morgan fingerprint density at radius 3 is 1.17 bits per heavy atom. The van der Waals surface area contributed by atoms with Crippen LogP contribution in [0.4, 0.5) is 0 Å². The Labute approximate surface area is 340 Å². The van der Waals surface area contributed by atoms with Crippen molar-refractivity contribution < 1.29 is 4.74 Å². The van der Waals surface area contributed by atoms with E-state index in [2.05, 4.69) is 220 Å². The van der Waals surface area contributed by atoms with Crippen LogP contribution in [0.3, 0.4) is 0 Å². The zero-order valence-electron chi connectivity index (χ0n) is 32.0. The second-order valence-electron chi connectivity index (χ2n) is 15.6. The third-order valence-corrected chi connectivity index (χ3v) is 12.5. The highest BCUT2D eigenvalue weighted by molar-refractivity contribution is 6.97. The highest BCUT2D eigenvalue weighted by Gasteiger charge is 2.34. The molecule has 9 aromatic carbocycles. The van der Waals surface area contributed by atoms with Crippen LogP contribution in [0.5, 0.6) is 11.5 Å². The molecule has 0 bridgehead atoms. The summed E-state index contributed by atoms with van der Waals surface area (Å²) in [6.45, 7) is -0.00475. The van der Waals surface area contributed by atoms with Crippen molar-refractivity contribution in [1.82, 2.24) is 13.7 Å². The largest absolute Gasteiger partial charge is 0.458 e. The van der Waals surface area contributed by atoms with Gasteiger partial charge in [-0.3, -0.25) is 0 Å². The van der Waals surface area contributed by atoms with Gasteiger partial charge >= 0.3 is 0 Å². The molecule has 0 N–H and O–H groups in total. The Balaban J connectivity index is 1.31. The Kier molecular flexibility index (Phi) is 6.78. The van der Waals surface area contributed by atoms with E-state index in [9.17, 15) is 0 Å². The maximum Gasteiger partial charge on any atom is 0.250 e. The molecule has 4 heterocycles. The minimum absolute atomic E-state index is 0.00475. The first-order chi connectivity index (χ1) is 29.3. The molecule has 13 rings (SSSR count). The maximum atomic E-state index is 6.52. The van der Waals surface area contributed by atoms with E-state index >= 15 is 0 Å². The lowest BCUT2D eigenvalue weighted by Gasteiger charge is -2.26. The molecule has 0 amide bonds. The summed E-state index contributed by atoms with van der Waals surface area (Å²) in [5.41, 5.74) is 14.1. The van der Waals surface area contributed by atoms with Crippen LogP contribution in [0.2, 0.25) is 0 Å². The van der Waals surface area contributed by atoms with Gasteiger partial charge in [-0.15, -0.1) is 0 Å². The fraction of sp³-hybridized carbons (Fsp3) is 0. The van der Waals surface area contributed by atoms with Crippen molar-refractivity contribution >= 4 is 88.5 Å². The molecule has 274 valence electrons. The van der Waals surface area contributed by atoms with Crippen molar-refractivity contribution in [3.05, 3.63) is 206 Å². The van der Waals surface area contributed by atoms with Gasteiger partial charge in [0.05, 0.1) is 33.1 Å². The molecule has 0 spiro atoms. The van der Waals surface area contributed by atoms with Gasteiger partial charge in [0.1, 0.15) is 11.5 Å². The fourth-order valence-electron chi connectivity index (χ4n) is 10.2. The molecular weight excluding hydrogens is 717 g/mol. The summed E-state index contributed by atoms with van der Waals surface area (Å²) in [6, 6.07) is 74.8. The molecule has 0 saturated carbocycles. The van der Waals surface area contributed by atoms with Crippen LogP contribution in [-0.4, -0.2) is 20.4 Å². The number of nitrogens with zero attached hydrogens (tertiary/aromatic N) is 3. The molecule has 3 aromatic heterocycles. The monoisotopic (exact) mass is 751 g/mol. The summed E-state index contributed by atoms with van der Waals surface area (Å²) >= 11 is 0. The van der Waals surface area contributed by atoms with E-state index in [0.717, 1.165) is 28.6 Å². The van der Waals surface area contributed by atoms with Crippen LogP contribution in [0.25, 0.3) is 82.5 Å². The number of para-hydroxylation sites is 7. The van der Waals surface area contributed by atoms with E-state index in [1.807, 2.05) is 0 Å². The lowest BCUT2D eigenvalue weighted by Crippen LogP contribution is -2.54. The number of fused-ring (bicyclic) bond motifs is 14. The predicted octanol–water partition coefficient (Wildman–Crippen LogP) is 11.6.